The zero-order chi connectivity index (χ0) is 52.3. The molecule has 8 aromatic carbocycles. The van der Waals surface area contributed by atoms with Gasteiger partial charge in [0.15, 0.2) is 0 Å². The van der Waals surface area contributed by atoms with Crippen LogP contribution >= 0.6 is 0 Å². The molecule has 1 aliphatic rings. The fourth-order valence-corrected chi connectivity index (χ4v) is 10.9. The Kier molecular flexibility index (Phi) is 12.4. The second kappa shape index (κ2) is 19.0. The molecule has 11 rings (SSSR count). The Balaban J connectivity index is 1.02. The number of pyridine rings is 1. The standard InChI is InChI=1S/C70H68N4O/c1-67(2,3)54-35-36-71-66(43-54)74-63-34-31-55(69(7,8)52-27-19-13-20-28-52)42-62(63)61-33-32-59(45-64(61)74)75-60-40-51(49-25-17-12-18-26-49)39-58(44-60)73-47-72(46-65(73)68(4,5)6)57-38-50(48-23-15-11-16-24-48)37-56(41-57)70(9,10)53-29-21-14-22-30-53/h11-46H,47H2,1-10H3. The molecule has 374 valence electrons. The van der Waals surface area contributed by atoms with Gasteiger partial charge in [0.05, 0.1) is 17.7 Å². The highest BCUT2D eigenvalue weighted by atomic mass is 16.5. The van der Waals surface area contributed by atoms with Crippen LogP contribution in [0.5, 0.6) is 11.5 Å². The van der Waals surface area contributed by atoms with Crippen LogP contribution in [-0.4, -0.2) is 16.2 Å². The fourth-order valence-electron chi connectivity index (χ4n) is 10.9. The second-order valence-electron chi connectivity index (χ2n) is 23.5. The van der Waals surface area contributed by atoms with Crippen molar-refractivity contribution in [1.29, 1.82) is 0 Å². The van der Waals surface area contributed by atoms with Gasteiger partial charge in [-0.25, -0.2) is 4.98 Å². The van der Waals surface area contributed by atoms with Crippen LogP contribution in [0.1, 0.15) is 97.1 Å². The molecule has 0 radical (unpaired) electrons. The van der Waals surface area contributed by atoms with Crippen LogP contribution in [0.15, 0.2) is 224 Å². The maximum atomic E-state index is 7.15. The van der Waals surface area contributed by atoms with Gasteiger partial charge in [0.1, 0.15) is 17.3 Å². The molecule has 0 unspecified atom stereocenters. The molecule has 0 atom stereocenters. The lowest BCUT2D eigenvalue weighted by Gasteiger charge is -2.32. The molecule has 2 aromatic heterocycles. The summed E-state index contributed by atoms with van der Waals surface area (Å²) >= 11 is 0. The normalized spacial score (nSPS) is 13.4. The van der Waals surface area contributed by atoms with Gasteiger partial charge < -0.3 is 14.5 Å². The van der Waals surface area contributed by atoms with Crippen LogP contribution in [0.4, 0.5) is 11.4 Å². The number of ether oxygens (including phenoxy) is 1. The summed E-state index contributed by atoms with van der Waals surface area (Å²) in [5, 5.41) is 2.33. The lowest BCUT2D eigenvalue weighted by molar-refractivity contribution is 0.481. The summed E-state index contributed by atoms with van der Waals surface area (Å²) in [5.41, 5.74) is 15.8. The van der Waals surface area contributed by atoms with Crippen LogP contribution in [0.25, 0.3) is 49.9 Å². The molecule has 10 aromatic rings. The first kappa shape index (κ1) is 49.1. The third kappa shape index (κ3) is 9.53. The van der Waals surface area contributed by atoms with Gasteiger partial charge >= 0.3 is 0 Å². The van der Waals surface area contributed by atoms with E-state index in [0.717, 1.165) is 56.2 Å². The van der Waals surface area contributed by atoms with E-state index < -0.39 is 0 Å². The van der Waals surface area contributed by atoms with Crippen molar-refractivity contribution < 1.29 is 4.74 Å². The molecule has 75 heavy (non-hydrogen) atoms. The lowest BCUT2D eigenvalue weighted by atomic mass is 9.77. The average Bonchev–Trinajstić information content (AvgIpc) is 4.04. The predicted molar refractivity (Wildman–Crippen MR) is 316 cm³/mol. The van der Waals surface area contributed by atoms with Crippen molar-refractivity contribution in [3.8, 4) is 39.6 Å². The molecule has 0 saturated heterocycles. The maximum absolute atomic E-state index is 7.15. The van der Waals surface area contributed by atoms with Crippen LogP contribution in [0.2, 0.25) is 0 Å². The van der Waals surface area contributed by atoms with E-state index in [4.69, 9.17) is 9.72 Å². The van der Waals surface area contributed by atoms with Gasteiger partial charge in [0.2, 0.25) is 0 Å². The lowest BCUT2D eigenvalue weighted by Crippen LogP contribution is -2.30. The van der Waals surface area contributed by atoms with E-state index in [1.807, 2.05) is 6.20 Å². The van der Waals surface area contributed by atoms with Crippen LogP contribution < -0.4 is 14.5 Å². The molecule has 0 aliphatic carbocycles. The van der Waals surface area contributed by atoms with Gasteiger partial charge in [-0.05, 0) is 116 Å². The van der Waals surface area contributed by atoms with E-state index in [1.54, 1.807) is 0 Å². The molecule has 0 spiro atoms. The number of benzene rings is 8. The van der Waals surface area contributed by atoms with Crippen LogP contribution in [0.3, 0.4) is 0 Å². The van der Waals surface area contributed by atoms with Gasteiger partial charge in [-0.3, -0.25) is 4.57 Å². The molecule has 0 fully saturated rings. The first-order valence-corrected chi connectivity index (χ1v) is 26.4. The average molecular weight is 981 g/mol. The molecule has 0 bridgehead atoms. The highest BCUT2D eigenvalue weighted by molar-refractivity contribution is 6.10. The Morgan fingerprint density at radius 1 is 0.400 bits per heavy atom. The van der Waals surface area contributed by atoms with Gasteiger partial charge in [-0.15, -0.1) is 0 Å². The van der Waals surface area contributed by atoms with E-state index >= 15 is 0 Å². The summed E-state index contributed by atoms with van der Waals surface area (Å²) in [6, 6.07) is 74.8. The van der Waals surface area contributed by atoms with Crippen molar-refractivity contribution >= 4 is 33.2 Å². The monoisotopic (exact) mass is 981 g/mol. The van der Waals surface area contributed by atoms with Gasteiger partial charge in [0.25, 0.3) is 0 Å². The Bertz CT molecular complexity index is 3730. The van der Waals surface area contributed by atoms with E-state index in [9.17, 15) is 0 Å². The van der Waals surface area contributed by atoms with Crippen molar-refractivity contribution in [2.45, 2.75) is 85.5 Å². The van der Waals surface area contributed by atoms with Crippen molar-refractivity contribution in [2.75, 3.05) is 16.5 Å². The minimum atomic E-state index is -0.236. The number of rotatable bonds is 11. The summed E-state index contributed by atoms with van der Waals surface area (Å²) in [5.74, 6) is 2.39. The van der Waals surface area contributed by atoms with Gasteiger partial charge in [-0.2, -0.15) is 0 Å². The molecule has 0 saturated carbocycles. The second-order valence-corrected chi connectivity index (χ2v) is 23.5. The van der Waals surface area contributed by atoms with Crippen molar-refractivity contribution in [3.05, 3.63) is 252 Å². The van der Waals surface area contributed by atoms with E-state index in [0.29, 0.717) is 6.67 Å². The summed E-state index contributed by atoms with van der Waals surface area (Å²) in [6.07, 6.45) is 4.31. The fraction of sp³-hybridized carbons (Fsp3) is 0.214. The SMILES string of the molecule is CC(C)(C)C1=CN(c2cc(-c3ccccc3)cc(C(C)(C)c3ccccc3)c2)CN1c1cc(Oc2ccc3c4cc(C(C)(C)c5ccccc5)ccc4n(-c4cc(C(C)(C)C)ccn4)c3c2)cc(-c2ccccc2)c1. The van der Waals surface area contributed by atoms with Crippen molar-refractivity contribution in [3.63, 3.8) is 0 Å². The topological polar surface area (TPSA) is 33.5 Å². The van der Waals surface area contributed by atoms with Gasteiger partial charge in [0, 0.05) is 68.6 Å². The number of hydrogen-bond donors (Lipinski definition) is 0. The smallest absolute Gasteiger partial charge is 0.137 e. The van der Waals surface area contributed by atoms with Crippen LogP contribution in [-0.2, 0) is 16.2 Å². The van der Waals surface area contributed by atoms with Gasteiger partial charge in [-0.1, -0.05) is 203 Å². The molecule has 5 nitrogen and oxygen atoms in total. The van der Waals surface area contributed by atoms with E-state index in [2.05, 4.69) is 296 Å². The molecule has 3 heterocycles. The van der Waals surface area contributed by atoms with Crippen molar-refractivity contribution in [1.82, 2.24) is 9.55 Å². The molecule has 5 heteroatoms. The highest BCUT2D eigenvalue weighted by Crippen LogP contribution is 2.45. The zero-order valence-corrected chi connectivity index (χ0v) is 45.2. The summed E-state index contributed by atoms with van der Waals surface area (Å²) in [4.78, 5) is 9.94. The maximum Gasteiger partial charge on any atom is 0.137 e. The number of anilines is 2. The van der Waals surface area contributed by atoms with Crippen LogP contribution in [0, 0.1) is 5.41 Å². The first-order chi connectivity index (χ1) is 35.9. The van der Waals surface area contributed by atoms with Crippen molar-refractivity contribution in [2.24, 2.45) is 5.41 Å². The van der Waals surface area contributed by atoms with E-state index in [1.165, 1.54) is 50.0 Å². The Morgan fingerprint density at radius 2 is 0.987 bits per heavy atom. The van der Waals surface area contributed by atoms with E-state index in [-0.39, 0.29) is 21.7 Å². The Morgan fingerprint density at radius 3 is 1.60 bits per heavy atom. The summed E-state index contributed by atoms with van der Waals surface area (Å²) in [6.45, 7) is 23.6. The molecule has 0 amide bonds. The summed E-state index contributed by atoms with van der Waals surface area (Å²) < 4.78 is 9.46. The number of nitrogens with zero attached hydrogens (tertiary/aromatic N) is 4. The quantitative estimate of drug-likeness (QED) is 0.129. The number of aromatic nitrogens is 2. The predicted octanol–water partition coefficient (Wildman–Crippen LogP) is 18.4. The third-order valence-electron chi connectivity index (χ3n) is 15.5. The Labute approximate surface area is 444 Å². The highest BCUT2D eigenvalue weighted by Gasteiger charge is 2.34. The third-order valence-corrected chi connectivity index (χ3v) is 15.5. The molecular weight excluding hydrogens is 913 g/mol. The number of hydrogen-bond acceptors (Lipinski definition) is 4. The molecule has 1 aliphatic heterocycles. The molecular formula is C70H68N4O. The minimum Gasteiger partial charge on any atom is -0.457 e. The first-order valence-electron chi connectivity index (χ1n) is 26.4. The number of fused-ring (bicyclic) bond motifs is 3. The molecule has 0 N–H and O–H groups in total. The minimum absolute atomic E-state index is 0.0537. The largest absolute Gasteiger partial charge is 0.457 e. The number of allylic oxidation sites excluding steroid dienone is 1. The zero-order valence-electron chi connectivity index (χ0n) is 45.2. The Hall–Kier alpha value is -8.15. The summed E-state index contributed by atoms with van der Waals surface area (Å²) in [7, 11) is 0.